The van der Waals surface area contributed by atoms with Gasteiger partial charge in [-0.15, -0.1) is 11.3 Å². The number of hydrazine groups is 1. The molecular formula is C11H14N2O4S. The fourth-order valence-electron chi connectivity index (χ4n) is 1.12. The van der Waals surface area contributed by atoms with Crippen LogP contribution in [0.4, 0.5) is 4.79 Å². The molecule has 0 aliphatic rings. The Balaban J connectivity index is 2.64. The van der Waals surface area contributed by atoms with Gasteiger partial charge in [0.1, 0.15) is 0 Å². The van der Waals surface area contributed by atoms with Crippen molar-refractivity contribution in [1.29, 1.82) is 0 Å². The van der Waals surface area contributed by atoms with Crippen LogP contribution in [-0.2, 0) is 9.53 Å². The predicted octanol–water partition coefficient (Wildman–Crippen LogP) is 1.81. The van der Waals surface area contributed by atoms with Crippen molar-refractivity contribution >= 4 is 29.1 Å². The summed E-state index contributed by atoms with van der Waals surface area (Å²) in [7, 11) is 0. The Hall–Kier alpha value is -2.02. The predicted molar refractivity (Wildman–Crippen MR) is 67.8 cm³/mol. The summed E-state index contributed by atoms with van der Waals surface area (Å²) in [6, 6.07) is 3.65. The highest BCUT2D eigenvalue weighted by molar-refractivity contribution is 7.11. The zero-order valence-electron chi connectivity index (χ0n) is 9.80. The number of hydrogen-bond donors (Lipinski definition) is 3. The van der Waals surface area contributed by atoms with E-state index in [0.29, 0.717) is 5.70 Å². The van der Waals surface area contributed by atoms with Crippen LogP contribution in [0.15, 0.2) is 23.6 Å². The number of hydrogen-bond acceptors (Lipinski definition) is 5. The largest absolute Gasteiger partial charge is 0.481 e. The van der Waals surface area contributed by atoms with Crippen molar-refractivity contribution in [2.24, 2.45) is 0 Å². The lowest BCUT2D eigenvalue weighted by Gasteiger charge is -2.10. The lowest BCUT2D eigenvalue weighted by Crippen LogP contribution is -2.36. The number of thiophene rings is 1. The molecule has 1 aromatic rings. The summed E-state index contributed by atoms with van der Waals surface area (Å²) in [6.45, 7) is 1.96. The second-order valence-electron chi connectivity index (χ2n) is 3.16. The second-order valence-corrected chi connectivity index (χ2v) is 4.11. The highest BCUT2D eigenvalue weighted by atomic mass is 32.1. The third kappa shape index (κ3) is 4.88. The number of carboxylic acids is 1. The van der Waals surface area contributed by atoms with Gasteiger partial charge in [0, 0.05) is 0 Å². The normalized spacial score (nSPS) is 10.8. The lowest BCUT2D eigenvalue weighted by molar-refractivity contribution is -0.135. The van der Waals surface area contributed by atoms with E-state index in [4.69, 9.17) is 5.11 Å². The molecule has 0 radical (unpaired) electrons. The standard InChI is InChI=1S/C11H14N2O4S/c1-2-17-11(16)13-12-8(5-6-10(14)15)9-4-3-7-18-9/h3-5,7,12H,2,6H2,1H3,(H,13,16)(H,14,15)/b8-5+. The second kappa shape index (κ2) is 7.33. The molecule has 18 heavy (non-hydrogen) atoms. The Morgan fingerprint density at radius 1 is 1.50 bits per heavy atom. The van der Waals surface area contributed by atoms with Crippen molar-refractivity contribution in [3.8, 4) is 0 Å². The zero-order valence-corrected chi connectivity index (χ0v) is 10.6. The van der Waals surface area contributed by atoms with E-state index in [1.54, 1.807) is 6.92 Å². The van der Waals surface area contributed by atoms with Gasteiger partial charge in [0.25, 0.3) is 0 Å². The molecule has 1 amide bonds. The number of ether oxygens (including phenoxy) is 1. The molecule has 3 N–H and O–H groups in total. The van der Waals surface area contributed by atoms with Gasteiger partial charge >= 0.3 is 12.1 Å². The van der Waals surface area contributed by atoms with Crippen LogP contribution in [0.2, 0.25) is 0 Å². The molecule has 6 nitrogen and oxygen atoms in total. The van der Waals surface area contributed by atoms with E-state index >= 15 is 0 Å². The van der Waals surface area contributed by atoms with Crippen LogP contribution >= 0.6 is 11.3 Å². The van der Waals surface area contributed by atoms with Crippen LogP contribution < -0.4 is 10.9 Å². The highest BCUT2D eigenvalue weighted by Gasteiger charge is 2.06. The fourth-order valence-corrected chi connectivity index (χ4v) is 1.84. The summed E-state index contributed by atoms with van der Waals surface area (Å²) in [5.74, 6) is -0.943. The molecule has 0 spiro atoms. The molecule has 1 aromatic heterocycles. The Bertz CT molecular complexity index is 428. The minimum atomic E-state index is -0.943. The summed E-state index contributed by atoms with van der Waals surface area (Å²) < 4.78 is 4.68. The van der Waals surface area contributed by atoms with Gasteiger partial charge < -0.3 is 9.84 Å². The minimum absolute atomic E-state index is 0.134. The van der Waals surface area contributed by atoms with Crippen LogP contribution in [-0.4, -0.2) is 23.8 Å². The third-order valence-corrected chi connectivity index (χ3v) is 2.75. The van der Waals surface area contributed by atoms with E-state index in [1.807, 2.05) is 17.5 Å². The van der Waals surface area contributed by atoms with E-state index < -0.39 is 12.1 Å². The van der Waals surface area contributed by atoms with Crippen LogP contribution in [0.3, 0.4) is 0 Å². The van der Waals surface area contributed by atoms with Gasteiger partial charge in [-0.1, -0.05) is 6.07 Å². The number of nitrogens with one attached hydrogen (secondary N) is 2. The maximum Gasteiger partial charge on any atom is 0.425 e. The van der Waals surface area contributed by atoms with Crippen molar-refractivity contribution in [3.63, 3.8) is 0 Å². The van der Waals surface area contributed by atoms with Crippen molar-refractivity contribution < 1.29 is 19.4 Å². The van der Waals surface area contributed by atoms with E-state index in [9.17, 15) is 9.59 Å². The molecule has 0 fully saturated rings. The summed E-state index contributed by atoms with van der Waals surface area (Å²) in [5.41, 5.74) is 5.50. The van der Waals surface area contributed by atoms with Crippen LogP contribution in [0.25, 0.3) is 5.70 Å². The van der Waals surface area contributed by atoms with Gasteiger partial charge in [-0.3, -0.25) is 10.2 Å². The molecule has 1 heterocycles. The smallest absolute Gasteiger partial charge is 0.425 e. The summed E-state index contributed by atoms with van der Waals surface area (Å²) in [6.07, 6.45) is 0.737. The van der Waals surface area contributed by atoms with Crippen LogP contribution in [0.5, 0.6) is 0 Å². The van der Waals surface area contributed by atoms with Gasteiger partial charge in [-0.25, -0.2) is 10.2 Å². The van der Waals surface area contributed by atoms with E-state index in [0.717, 1.165) is 4.88 Å². The number of carboxylic acid groups (broad SMARTS) is 1. The maximum absolute atomic E-state index is 11.1. The number of rotatable bonds is 6. The van der Waals surface area contributed by atoms with E-state index in [2.05, 4.69) is 15.6 Å². The fraction of sp³-hybridized carbons (Fsp3) is 0.273. The Morgan fingerprint density at radius 3 is 2.83 bits per heavy atom. The molecule has 98 valence electrons. The topological polar surface area (TPSA) is 87.7 Å². The number of aliphatic carboxylic acids is 1. The Morgan fingerprint density at radius 2 is 2.28 bits per heavy atom. The van der Waals surface area contributed by atoms with Gasteiger partial charge in [-0.2, -0.15) is 0 Å². The molecule has 0 bridgehead atoms. The van der Waals surface area contributed by atoms with Crippen LogP contribution in [0.1, 0.15) is 18.2 Å². The maximum atomic E-state index is 11.1. The molecule has 0 atom stereocenters. The molecule has 0 saturated carbocycles. The Kier molecular flexibility index (Phi) is 5.72. The summed E-state index contributed by atoms with van der Waals surface area (Å²) in [5, 5.41) is 10.5. The lowest BCUT2D eigenvalue weighted by atomic mass is 10.3. The van der Waals surface area contributed by atoms with Gasteiger partial charge in [0.15, 0.2) is 0 Å². The SMILES string of the molecule is CCOC(=O)NN/C(=C/CC(=O)O)c1cccs1. The minimum Gasteiger partial charge on any atom is -0.481 e. The number of amides is 1. The highest BCUT2D eigenvalue weighted by Crippen LogP contribution is 2.17. The molecular weight excluding hydrogens is 256 g/mol. The molecule has 0 aliphatic heterocycles. The first-order chi connectivity index (χ1) is 8.63. The van der Waals surface area contributed by atoms with Gasteiger partial charge in [-0.05, 0) is 24.4 Å². The Labute approximate surface area is 108 Å². The number of carbonyl (C=O) groups is 2. The zero-order chi connectivity index (χ0) is 13.4. The molecule has 0 aromatic carbocycles. The molecule has 0 aliphatic carbocycles. The average Bonchev–Trinajstić information content (AvgIpc) is 2.82. The van der Waals surface area contributed by atoms with Crippen molar-refractivity contribution in [1.82, 2.24) is 10.9 Å². The van der Waals surface area contributed by atoms with Gasteiger partial charge in [0.05, 0.1) is 23.6 Å². The monoisotopic (exact) mass is 270 g/mol. The first kappa shape index (κ1) is 14.0. The quantitative estimate of drug-likeness (QED) is 0.686. The summed E-state index contributed by atoms with van der Waals surface area (Å²) >= 11 is 1.43. The molecule has 7 heteroatoms. The molecule has 0 saturated heterocycles. The third-order valence-electron chi connectivity index (χ3n) is 1.84. The number of carbonyl (C=O) groups excluding carboxylic acids is 1. The van der Waals surface area contributed by atoms with Crippen molar-refractivity contribution in [3.05, 3.63) is 28.5 Å². The van der Waals surface area contributed by atoms with Gasteiger partial charge in [0.2, 0.25) is 0 Å². The first-order valence-corrected chi connectivity index (χ1v) is 6.16. The van der Waals surface area contributed by atoms with Crippen LogP contribution in [0, 0.1) is 0 Å². The first-order valence-electron chi connectivity index (χ1n) is 5.28. The van der Waals surface area contributed by atoms with Crippen molar-refractivity contribution in [2.45, 2.75) is 13.3 Å². The summed E-state index contributed by atoms with van der Waals surface area (Å²) in [4.78, 5) is 22.5. The molecule has 0 unspecified atom stereocenters. The van der Waals surface area contributed by atoms with E-state index in [-0.39, 0.29) is 13.0 Å². The average molecular weight is 270 g/mol. The van der Waals surface area contributed by atoms with E-state index in [1.165, 1.54) is 17.4 Å². The molecule has 1 rings (SSSR count). The van der Waals surface area contributed by atoms with Crippen molar-refractivity contribution in [2.75, 3.05) is 6.61 Å².